The average molecular weight is 416 g/mol. The summed E-state index contributed by atoms with van der Waals surface area (Å²) in [6.45, 7) is 1.04. The second-order valence-corrected chi connectivity index (χ2v) is 7.71. The van der Waals surface area contributed by atoms with Gasteiger partial charge in [0.1, 0.15) is 10.7 Å². The summed E-state index contributed by atoms with van der Waals surface area (Å²) >= 11 is 11.7. The van der Waals surface area contributed by atoms with Gasteiger partial charge in [-0.3, -0.25) is 0 Å². The normalized spacial score (nSPS) is 12.4. The number of rotatable bonds is 4. The number of hydrogen-bond acceptors (Lipinski definition) is 2. The fourth-order valence-electron chi connectivity index (χ4n) is 1.95. The maximum Gasteiger partial charge on any atom is 0.416 e. The molecule has 2 aromatic rings. The lowest BCUT2D eigenvalue weighted by molar-refractivity contribution is -0.137. The molecule has 0 bridgehead atoms. The lowest BCUT2D eigenvalue weighted by Crippen LogP contribution is -2.24. The van der Waals surface area contributed by atoms with Crippen molar-refractivity contribution in [2.45, 2.75) is 24.5 Å². The molecule has 1 N–H and O–H groups in total. The van der Waals surface area contributed by atoms with E-state index in [2.05, 4.69) is 4.72 Å². The Morgan fingerprint density at radius 1 is 1.08 bits per heavy atom. The van der Waals surface area contributed by atoms with E-state index in [1.54, 1.807) is 6.92 Å². The van der Waals surface area contributed by atoms with Gasteiger partial charge >= 0.3 is 6.18 Å². The fourth-order valence-corrected chi connectivity index (χ4v) is 3.79. The standard InChI is InChI=1S/C15H11Cl2F4NO2S/c1-8-4-14(12(17)6-11(8)16)25(23,24)22-7-9-2-3-10(5-13(9)18)15(19,20)21/h2-6,22H,7H2,1H3. The summed E-state index contributed by atoms with van der Waals surface area (Å²) in [6, 6.07) is 4.35. The molecule has 0 spiro atoms. The zero-order valence-corrected chi connectivity index (χ0v) is 14.9. The molecule has 0 aliphatic rings. The van der Waals surface area contributed by atoms with Crippen LogP contribution in [0, 0.1) is 12.7 Å². The molecule has 0 aromatic heterocycles. The zero-order valence-electron chi connectivity index (χ0n) is 12.6. The van der Waals surface area contributed by atoms with Crippen LogP contribution < -0.4 is 4.72 Å². The third kappa shape index (κ3) is 4.63. The summed E-state index contributed by atoms with van der Waals surface area (Å²) < 4.78 is 78.0. The molecule has 0 saturated carbocycles. The highest BCUT2D eigenvalue weighted by molar-refractivity contribution is 7.89. The minimum atomic E-state index is -4.69. The number of sulfonamides is 1. The van der Waals surface area contributed by atoms with Crippen LogP contribution in [0.4, 0.5) is 17.6 Å². The van der Waals surface area contributed by atoms with E-state index in [1.165, 1.54) is 12.1 Å². The van der Waals surface area contributed by atoms with Crippen molar-refractivity contribution in [3.63, 3.8) is 0 Å². The number of halogens is 6. The van der Waals surface area contributed by atoms with Crippen LogP contribution in [0.15, 0.2) is 35.2 Å². The van der Waals surface area contributed by atoms with Gasteiger partial charge in [-0.25, -0.2) is 17.5 Å². The number of hydrogen-bond donors (Lipinski definition) is 1. The van der Waals surface area contributed by atoms with Crippen LogP contribution in [0.1, 0.15) is 16.7 Å². The van der Waals surface area contributed by atoms with Crippen LogP contribution in [0.2, 0.25) is 10.0 Å². The SMILES string of the molecule is Cc1cc(S(=O)(=O)NCc2ccc(C(F)(F)F)cc2F)c(Cl)cc1Cl. The molecule has 0 aliphatic heterocycles. The summed E-state index contributed by atoms with van der Waals surface area (Å²) in [5.41, 5.74) is -0.932. The Bertz CT molecular complexity index is 914. The molecule has 0 fully saturated rings. The fraction of sp³-hybridized carbons (Fsp3) is 0.200. The Labute approximate surface area is 151 Å². The van der Waals surface area contributed by atoms with Crippen molar-refractivity contribution < 1.29 is 26.0 Å². The third-order valence-corrected chi connectivity index (χ3v) is 5.61. The molecule has 3 nitrogen and oxygen atoms in total. The number of alkyl halides is 3. The highest BCUT2D eigenvalue weighted by Crippen LogP contribution is 2.31. The summed E-state index contributed by atoms with van der Waals surface area (Å²) in [4.78, 5) is -0.261. The largest absolute Gasteiger partial charge is 0.416 e. The minimum absolute atomic E-state index is 0.129. The third-order valence-electron chi connectivity index (χ3n) is 3.34. The van der Waals surface area contributed by atoms with Gasteiger partial charge in [-0.15, -0.1) is 0 Å². The van der Waals surface area contributed by atoms with Gasteiger partial charge in [0.05, 0.1) is 10.6 Å². The molecule has 0 saturated heterocycles. The summed E-state index contributed by atoms with van der Waals surface area (Å²) in [6.07, 6.45) is -4.69. The molecular weight excluding hydrogens is 405 g/mol. The van der Waals surface area contributed by atoms with Crippen molar-refractivity contribution in [1.29, 1.82) is 0 Å². The van der Waals surface area contributed by atoms with Crippen molar-refractivity contribution >= 4 is 33.2 Å². The second-order valence-electron chi connectivity index (χ2n) is 5.16. The molecule has 136 valence electrons. The molecular formula is C15H11Cl2F4NO2S. The van der Waals surface area contributed by atoms with E-state index in [1.807, 2.05) is 0 Å². The highest BCUT2D eigenvalue weighted by Gasteiger charge is 2.31. The lowest BCUT2D eigenvalue weighted by atomic mass is 10.1. The first-order chi connectivity index (χ1) is 11.4. The van der Waals surface area contributed by atoms with Crippen LogP contribution in [0.25, 0.3) is 0 Å². The smallest absolute Gasteiger partial charge is 0.207 e. The van der Waals surface area contributed by atoms with E-state index in [0.717, 1.165) is 6.07 Å². The van der Waals surface area contributed by atoms with Gasteiger partial charge < -0.3 is 0 Å². The van der Waals surface area contributed by atoms with E-state index >= 15 is 0 Å². The monoisotopic (exact) mass is 415 g/mol. The molecule has 0 atom stereocenters. The van der Waals surface area contributed by atoms with E-state index < -0.39 is 34.1 Å². The van der Waals surface area contributed by atoms with Crippen molar-refractivity contribution in [1.82, 2.24) is 4.72 Å². The molecule has 0 aliphatic carbocycles. The van der Waals surface area contributed by atoms with Gasteiger partial charge in [0, 0.05) is 17.1 Å². The molecule has 25 heavy (non-hydrogen) atoms. The van der Waals surface area contributed by atoms with E-state index in [0.29, 0.717) is 17.7 Å². The van der Waals surface area contributed by atoms with Crippen molar-refractivity contribution in [3.8, 4) is 0 Å². The van der Waals surface area contributed by atoms with Crippen molar-refractivity contribution in [3.05, 3.63) is 62.9 Å². The Hall–Kier alpha value is -1.35. The van der Waals surface area contributed by atoms with E-state index in [9.17, 15) is 26.0 Å². The van der Waals surface area contributed by atoms with Crippen LogP contribution in [-0.4, -0.2) is 8.42 Å². The minimum Gasteiger partial charge on any atom is -0.207 e. The number of aryl methyl sites for hydroxylation is 1. The van der Waals surface area contributed by atoms with Crippen molar-refractivity contribution in [2.24, 2.45) is 0 Å². The quantitative estimate of drug-likeness (QED) is 0.718. The van der Waals surface area contributed by atoms with Crippen LogP contribution in [-0.2, 0) is 22.7 Å². The molecule has 2 aromatic carbocycles. The maximum atomic E-state index is 13.8. The average Bonchev–Trinajstić information content (AvgIpc) is 2.48. The lowest BCUT2D eigenvalue weighted by Gasteiger charge is -2.12. The summed E-state index contributed by atoms with van der Waals surface area (Å²) in [5.74, 6) is -1.17. The van der Waals surface area contributed by atoms with E-state index in [-0.39, 0.29) is 20.5 Å². The predicted molar refractivity (Wildman–Crippen MR) is 86.6 cm³/mol. The molecule has 10 heteroatoms. The highest BCUT2D eigenvalue weighted by atomic mass is 35.5. The van der Waals surface area contributed by atoms with Gasteiger partial charge in [0.15, 0.2) is 0 Å². The van der Waals surface area contributed by atoms with Crippen LogP contribution in [0.3, 0.4) is 0 Å². The predicted octanol–water partition coefficient (Wildman–Crippen LogP) is 4.94. The Kier molecular flexibility index (Phi) is 5.68. The van der Waals surface area contributed by atoms with Gasteiger partial charge in [-0.05, 0) is 36.8 Å². The Morgan fingerprint density at radius 2 is 1.72 bits per heavy atom. The van der Waals surface area contributed by atoms with Gasteiger partial charge in [-0.1, -0.05) is 29.3 Å². The molecule has 0 amide bonds. The molecule has 0 unspecified atom stereocenters. The van der Waals surface area contributed by atoms with Crippen LogP contribution in [0.5, 0.6) is 0 Å². The van der Waals surface area contributed by atoms with Crippen LogP contribution >= 0.6 is 23.2 Å². The topological polar surface area (TPSA) is 46.2 Å². The van der Waals surface area contributed by atoms with Crippen molar-refractivity contribution in [2.75, 3.05) is 0 Å². The first-order valence-corrected chi connectivity index (χ1v) is 8.96. The molecule has 2 rings (SSSR count). The Balaban J connectivity index is 2.25. The summed E-state index contributed by atoms with van der Waals surface area (Å²) in [7, 11) is -4.11. The summed E-state index contributed by atoms with van der Waals surface area (Å²) in [5, 5.41) is 0.147. The van der Waals surface area contributed by atoms with Gasteiger partial charge in [0.25, 0.3) is 0 Å². The Morgan fingerprint density at radius 3 is 2.28 bits per heavy atom. The maximum absolute atomic E-state index is 13.8. The molecule has 0 heterocycles. The number of nitrogens with one attached hydrogen (secondary N) is 1. The van der Waals surface area contributed by atoms with Gasteiger partial charge in [-0.2, -0.15) is 13.2 Å². The zero-order chi connectivity index (χ0) is 19.0. The number of benzene rings is 2. The molecule has 0 radical (unpaired) electrons. The second kappa shape index (κ2) is 7.11. The van der Waals surface area contributed by atoms with Gasteiger partial charge in [0.2, 0.25) is 10.0 Å². The van der Waals surface area contributed by atoms with E-state index in [4.69, 9.17) is 23.2 Å². The first-order valence-electron chi connectivity index (χ1n) is 6.73. The first kappa shape index (κ1) is 20.0.